The van der Waals surface area contributed by atoms with E-state index in [-0.39, 0.29) is 0 Å². The topological polar surface area (TPSA) is 56.7 Å². The van der Waals surface area contributed by atoms with Gasteiger partial charge < -0.3 is 10.3 Å². The molecule has 0 amide bonds. The van der Waals surface area contributed by atoms with Crippen molar-refractivity contribution >= 4 is 28.9 Å². The maximum Gasteiger partial charge on any atom is 0.167 e. The van der Waals surface area contributed by atoms with Crippen molar-refractivity contribution in [3.63, 3.8) is 0 Å². The lowest BCUT2D eigenvalue weighted by Crippen LogP contribution is -2.02. The molecule has 0 aliphatic heterocycles. The van der Waals surface area contributed by atoms with Gasteiger partial charge in [0.05, 0.1) is 21.3 Å². The number of nitrogens with two attached hydrogens (primary N) is 1. The molecule has 1 aromatic carbocycles. The van der Waals surface area contributed by atoms with Crippen LogP contribution in [0, 0.1) is 6.92 Å². The Hall–Kier alpha value is -1.26. The highest BCUT2D eigenvalue weighted by molar-refractivity contribution is 6.37. The molecule has 0 aliphatic carbocycles. The van der Waals surface area contributed by atoms with Crippen LogP contribution >= 0.6 is 23.2 Å². The predicted octanol–water partition coefficient (Wildman–Crippen LogP) is 3.16. The minimum atomic E-state index is 0.432. The Morgan fingerprint density at radius 2 is 1.88 bits per heavy atom. The van der Waals surface area contributed by atoms with E-state index in [1.54, 1.807) is 12.1 Å². The molecule has 0 fully saturated rings. The van der Waals surface area contributed by atoms with Gasteiger partial charge in [-0.25, -0.2) is 0 Å². The van der Waals surface area contributed by atoms with Crippen LogP contribution < -0.4 is 5.73 Å². The number of aromatic nitrogens is 3. The Labute approximate surface area is 109 Å². The van der Waals surface area contributed by atoms with Gasteiger partial charge in [-0.3, -0.25) is 0 Å². The van der Waals surface area contributed by atoms with Crippen molar-refractivity contribution in [1.82, 2.24) is 14.8 Å². The van der Waals surface area contributed by atoms with Crippen LogP contribution in [0.3, 0.4) is 0 Å². The van der Waals surface area contributed by atoms with Crippen molar-refractivity contribution in [3.05, 3.63) is 28.0 Å². The average Bonchev–Trinajstić information content (AvgIpc) is 2.66. The molecule has 2 aromatic rings. The quantitative estimate of drug-likeness (QED) is 0.853. The van der Waals surface area contributed by atoms with Gasteiger partial charge in [0, 0.05) is 6.54 Å². The Balaban J connectivity index is 2.72. The predicted molar refractivity (Wildman–Crippen MR) is 70.3 cm³/mol. The molecule has 0 aliphatic rings. The number of anilines is 1. The summed E-state index contributed by atoms with van der Waals surface area (Å²) in [6.07, 6.45) is 0. The van der Waals surface area contributed by atoms with E-state index in [4.69, 9.17) is 28.9 Å². The third-order valence-electron chi connectivity index (χ3n) is 2.62. The average molecular weight is 271 g/mol. The van der Waals surface area contributed by atoms with E-state index < -0.39 is 0 Å². The molecule has 4 nitrogen and oxygen atoms in total. The fraction of sp³-hybridized carbons (Fsp3) is 0.273. The van der Waals surface area contributed by atoms with Crippen LogP contribution in [0.25, 0.3) is 11.4 Å². The van der Waals surface area contributed by atoms with Gasteiger partial charge in [0.15, 0.2) is 5.82 Å². The lowest BCUT2D eigenvalue weighted by Gasteiger charge is -2.10. The first-order chi connectivity index (χ1) is 8.06. The minimum Gasteiger partial charge on any atom is -0.397 e. The number of nitrogens with zero attached hydrogens (tertiary/aromatic N) is 3. The van der Waals surface area contributed by atoms with Gasteiger partial charge in [0.25, 0.3) is 0 Å². The first-order valence-electron chi connectivity index (χ1n) is 5.20. The molecule has 90 valence electrons. The third-order valence-corrected chi connectivity index (χ3v) is 3.26. The fourth-order valence-corrected chi connectivity index (χ4v) is 2.15. The van der Waals surface area contributed by atoms with Gasteiger partial charge in [-0.1, -0.05) is 23.2 Å². The summed E-state index contributed by atoms with van der Waals surface area (Å²) in [5.41, 5.74) is 7.02. The molecule has 1 heterocycles. The highest BCUT2D eigenvalue weighted by Crippen LogP contribution is 2.36. The second kappa shape index (κ2) is 4.55. The summed E-state index contributed by atoms with van der Waals surface area (Å²) in [6.45, 7) is 4.64. The van der Waals surface area contributed by atoms with Gasteiger partial charge in [0.1, 0.15) is 5.82 Å². The summed E-state index contributed by atoms with van der Waals surface area (Å²) in [6, 6.07) is 3.38. The van der Waals surface area contributed by atoms with E-state index in [1.165, 1.54) is 0 Å². The first-order valence-corrected chi connectivity index (χ1v) is 5.95. The number of aryl methyl sites for hydroxylation is 1. The lowest BCUT2D eigenvalue weighted by atomic mass is 10.1. The van der Waals surface area contributed by atoms with Crippen LogP contribution in [0.1, 0.15) is 12.7 Å². The zero-order valence-electron chi connectivity index (χ0n) is 9.54. The van der Waals surface area contributed by atoms with E-state index in [0.29, 0.717) is 27.1 Å². The van der Waals surface area contributed by atoms with Crippen LogP contribution in [0.15, 0.2) is 12.1 Å². The maximum atomic E-state index is 6.15. The Kier molecular flexibility index (Phi) is 3.26. The number of hydrogen-bond acceptors (Lipinski definition) is 3. The molecular weight excluding hydrogens is 259 g/mol. The van der Waals surface area contributed by atoms with Crippen LogP contribution in [-0.4, -0.2) is 14.8 Å². The number of benzene rings is 1. The van der Waals surface area contributed by atoms with E-state index in [0.717, 1.165) is 12.4 Å². The molecule has 0 saturated heterocycles. The van der Waals surface area contributed by atoms with Crippen molar-refractivity contribution in [1.29, 1.82) is 0 Å². The van der Waals surface area contributed by atoms with Gasteiger partial charge >= 0.3 is 0 Å². The van der Waals surface area contributed by atoms with Crippen LogP contribution in [0.2, 0.25) is 10.0 Å². The van der Waals surface area contributed by atoms with Gasteiger partial charge in [-0.05, 0) is 26.0 Å². The van der Waals surface area contributed by atoms with E-state index in [9.17, 15) is 0 Å². The molecule has 2 rings (SSSR count). The zero-order valence-corrected chi connectivity index (χ0v) is 11.0. The summed E-state index contributed by atoms with van der Waals surface area (Å²) >= 11 is 12.2. The molecule has 0 bridgehead atoms. The van der Waals surface area contributed by atoms with Crippen LogP contribution in [0.4, 0.5) is 5.69 Å². The zero-order chi connectivity index (χ0) is 12.6. The summed E-state index contributed by atoms with van der Waals surface area (Å²) < 4.78 is 1.94. The maximum absolute atomic E-state index is 6.15. The second-order valence-electron chi connectivity index (χ2n) is 3.63. The fourth-order valence-electron chi connectivity index (χ4n) is 1.74. The highest BCUT2D eigenvalue weighted by atomic mass is 35.5. The molecule has 0 unspecified atom stereocenters. The summed E-state index contributed by atoms with van der Waals surface area (Å²) in [5, 5.41) is 9.13. The van der Waals surface area contributed by atoms with Crippen molar-refractivity contribution in [2.45, 2.75) is 20.4 Å². The molecule has 0 atom stereocenters. The molecule has 0 spiro atoms. The largest absolute Gasteiger partial charge is 0.397 e. The van der Waals surface area contributed by atoms with Gasteiger partial charge in [0.2, 0.25) is 0 Å². The van der Waals surface area contributed by atoms with Gasteiger partial charge in [-0.2, -0.15) is 0 Å². The molecule has 0 radical (unpaired) electrons. The Morgan fingerprint density at radius 3 is 2.53 bits per heavy atom. The van der Waals surface area contributed by atoms with E-state index in [2.05, 4.69) is 10.2 Å². The van der Waals surface area contributed by atoms with Crippen molar-refractivity contribution < 1.29 is 0 Å². The lowest BCUT2D eigenvalue weighted by molar-refractivity contribution is 0.737. The SMILES string of the molecule is CCn1c(C)nnc1-c1c(Cl)ccc(Cl)c1N. The molecule has 2 N–H and O–H groups in total. The monoisotopic (exact) mass is 270 g/mol. The second-order valence-corrected chi connectivity index (χ2v) is 4.45. The summed E-state index contributed by atoms with van der Waals surface area (Å²) in [4.78, 5) is 0. The Morgan fingerprint density at radius 1 is 1.24 bits per heavy atom. The third kappa shape index (κ3) is 1.98. The molecule has 6 heteroatoms. The van der Waals surface area contributed by atoms with Crippen molar-refractivity contribution in [2.24, 2.45) is 0 Å². The van der Waals surface area contributed by atoms with E-state index >= 15 is 0 Å². The molecule has 0 saturated carbocycles. The molecule has 17 heavy (non-hydrogen) atoms. The van der Waals surface area contributed by atoms with Crippen molar-refractivity contribution in [3.8, 4) is 11.4 Å². The number of rotatable bonds is 2. The summed E-state index contributed by atoms with van der Waals surface area (Å²) in [7, 11) is 0. The van der Waals surface area contributed by atoms with Crippen LogP contribution in [0.5, 0.6) is 0 Å². The number of halogens is 2. The minimum absolute atomic E-state index is 0.432. The first kappa shape index (κ1) is 12.2. The molecule has 1 aromatic heterocycles. The summed E-state index contributed by atoms with van der Waals surface area (Å²) in [5.74, 6) is 1.47. The Bertz CT molecular complexity index is 563. The highest BCUT2D eigenvalue weighted by Gasteiger charge is 2.17. The van der Waals surface area contributed by atoms with Crippen molar-refractivity contribution in [2.75, 3.05) is 5.73 Å². The number of nitrogen functional groups attached to an aromatic ring is 1. The normalized spacial score (nSPS) is 10.8. The number of hydrogen-bond donors (Lipinski definition) is 1. The van der Waals surface area contributed by atoms with Gasteiger partial charge in [-0.15, -0.1) is 10.2 Å². The van der Waals surface area contributed by atoms with E-state index in [1.807, 2.05) is 18.4 Å². The smallest absolute Gasteiger partial charge is 0.167 e. The molecular formula is C11H12Cl2N4. The van der Waals surface area contributed by atoms with Crippen LogP contribution in [-0.2, 0) is 6.54 Å². The standard InChI is InChI=1S/C11H12Cl2N4/c1-3-17-6(2)15-16-11(17)9-7(12)4-5-8(13)10(9)14/h4-5H,3,14H2,1-2H3.